The molecule has 0 amide bonds. The minimum atomic E-state index is -0.317. The van der Waals surface area contributed by atoms with Crippen molar-refractivity contribution in [2.24, 2.45) is 0 Å². The van der Waals surface area contributed by atoms with Crippen LogP contribution in [0.15, 0.2) is 33.9 Å². The molecule has 138 valence electrons. The molecule has 6 nitrogen and oxygen atoms in total. The largest absolute Gasteiger partial charge is 0.333 e. The molecule has 0 saturated heterocycles. The first-order valence-electron chi connectivity index (χ1n) is 8.98. The maximum atomic E-state index is 13.1. The molecule has 26 heavy (non-hydrogen) atoms. The summed E-state index contributed by atoms with van der Waals surface area (Å²) in [6, 6.07) is 7.18. The second kappa shape index (κ2) is 7.50. The highest BCUT2D eigenvalue weighted by molar-refractivity contribution is 6.30. The molecule has 0 saturated carbocycles. The van der Waals surface area contributed by atoms with E-state index in [1.165, 1.54) is 4.57 Å². The van der Waals surface area contributed by atoms with E-state index in [4.69, 9.17) is 11.6 Å². The van der Waals surface area contributed by atoms with Gasteiger partial charge in [-0.15, -0.1) is 0 Å². The van der Waals surface area contributed by atoms with Crippen LogP contribution in [0, 0.1) is 0 Å². The van der Waals surface area contributed by atoms with Crippen LogP contribution in [0.1, 0.15) is 38.6 Å². The van der Waals surface area contributed by atoms with E-state index in [9.17, 15) is 9.59 Å². The third-order valence-electron chi connectivity index (χ3n) is 4.53. The number of hydrogen-bond acceptors (Lipinski definition) is 3. The Bertz CT molecular complexity index is 1040. The highest BCUT2D eigenvalue weighted by Gasteiger charge is 2.20. The second-order valence-corrected chi connectivity index (χ2v) is 6.69. The van der Waals surface area contributed by atoms with Crippen molar-refractivity contribution in [3.8, 4) is 0 Å². The molecule has 3 aromatic rings. The molecule has 2 aromatic heterocycles. The summed E-state index contributed by atoms with van der Waals surface area (Å²) >= 11 is 5.93. The number of aromatic nitrogens is 4. The van der Waals surface area contributed by atoms with Gasteiger partial charge in [-0.1, -0.05) is 37.6 Å². The van der Waals surface area contributed by atoms with E-state index in [0.29, 0.717) is 35.7 Å². The smallest absolute Gasteiger partial charge is 0.322 e. The summed E-state index contributed by atoms with van der Waals surface area (Å²) < 4.78 is 4.84. The number of aryl methyl sites for hydroxylation is 3. The predicted molar refractivity (Wildman–Crippen MR) is 104 cm³/mol. The Balaban J connectivity index is 2.30. The maximum absolute atomic E-state index is 13.1. The number of nitrogens with zero attached hydrogens (tertiary/aromatic N) is 4. The predicted octanol–water partition coefficient (Wildman–Crippen LogP) is 3.05. The van der Waals surface area contributed by atoms with Crippen LogP contribution in [-0.2, 0) is 26.1 Å². The van der Waals surface area contributed by atoms with Gasteiger partial charge in [-0.3, -0.25) is 13.9 Å². The highest BCUT2D eigenvalue weighted by Crippen LogP contribution is 2.14. The molecule has 0 atom stereocenters. The van der Waals surface area contributed by atoms with E-state index < -0.39 is 0 Å². The molecule has 0 aliphatic rings. The lowest BCUT2D eigenvalue weighted by molar-refractivity contribution is 0.588. The van der Waals surface area contributed by atoms with Crippen molar-refractivity contribution < 1.29 is 0 Å². The highest BCUT2D eigenvalue weighted by atomic mass is 35.5. The van der Waals surface area contributed by atoms with Gasteiger partial charge in [-0.2, -0.15) is 0 Å². The first kappa shape index (κ1) is 18.5. The summed E-state index contributed by atoms with van der Waals surface area (Å²) in [5.74, 6) is 0.827. The third-order valence-corrected chi connectivity index (χ3v) is 4.78. The van der Waals surface area contributed by atoms with Crippen LogP contribution in [0.5, 0.6) is 0 Å². The molecule has 0 unspecified atom stereocenters. The first-order chi connectivity index (χ1) is 12.5. The van der Waals surface area contributed by atoms with Crippen LogP contribution in [0.2, 0.25) is 5.02 Å². The molecule has 1 aromatic carbocycles. The zero-order chi connectivity index (χ0) is 18.8. The van der Waals surface area contributed by atoms with Gasteiger partial charge in [0.1, 0.15) is 5.82 Å². The van der Waals surface area contributed by atoms with Crippen LogP contribution in [-0.4, -0.2) is 18.7 Å². The number of benzene rings is 1. The Kier molecular flexibility index (Phi) is 5.32. The molecule has 0 N–H and O–H groups in total. The monoisotopic (exact) mass is 374 g/mol. The average Bonchev–Trinajstić information content (AvgIpc) is 3.02. The van der Waals surface area contributed by atoms with Gasteiger partial charge >= 0.3 is 5.69 Å². The van der Waals surface area contributed by atoms with Gasteiger partial charge in [0.05, 0.1) is 6.54 Å². The lowest BCUT2D eigenvalue weighted by Gasteiger charge is -2.12. The fourth-order valence-corrected chi connectivity index (χ4v) is 3.41. The van der Waals surface area contributed by atoms with Crippen LogP contribution in [0.25, 0.3) is 11.2 Å². The van der Waals surface area contributed by atoms with E-state index in [1.807, 2.05) is 37.5 Å². The molecular weight excluding hydrogens is 352 g/mol. The normalized spacial score (nSPS) is 11.4. The quantitative estimate of drug-likeness (QED) is 0.666. The molecule has 2 heterocycles. The topological polar surface area (TPSA) is 61.8 Å². The van der Waals surface area contributed by atoms with Gasteiger partial charge in [-0.05, 0) is 31.0 Å². The molecular formula is C19H23ClN4O2. The molecule has 3 rings (SSSR count). The minimum Gasteiger partial charge on any atom is -0.322 e. The summed E-state index contributed by atoms with van der Waals surface area (Å²) in [4.78, 5) is 30.8. The van der Waals surface area contributed by atoms with Gasteiger partial charge < -0.3 is 4.57 Å². The van der Waals surface area contributed by atoms with Crippen molar-refractivity contribution in [1.29, 1.82) is 0 Å². The van der Waals surface area contributed by atoms with Gasteiger partial charge in [0.2, 0.25) is 0 Å². The Labute approximate surface area is 156 Å². The maximum Gasteiger partial charge on any atom is 0.333 e. The van der Waals surface area contributed by atoms with E-state index in [-0.39, 0.29) is 17.8 Å². The number of hydrogen-bond donors (Lipinski definition) is 0. The second-order valence-electron chi connectivity index (χ2n) is 6.25. The molecule has 0 spiro atoms. The average molecular weight is 375 g/mol. The Morgan fingerprint density at radius 3 is 2.27 bits per heavy atom. The fourth-order valence-electron chi connectivity index (χ4n) is 3.28. The van der Waals surface area contributed by atoms with E-state index in [1.54, 1.807) is 16.7 Å². The summed E-state index contributed by atoms with van der Waals surface area (Å²) in [7, 11) is 0. The zero-order valence-electron chi connectivity index (χ0n) is 15.3. The lowest BCUT2D eigenvalue weighted by Crippen LogP contribution is -2.41. The van der Waals surface area contributed by atoms with Crippen molar-refractivity contribution in [2.45, 2.75) is 53.2 Å². The fraction of sp³-hybridized carbons (Fsp3) is 0.421. The van der Waals surface area contributed by atoms with Crippen LogP contribution < -0.4 is 11.2 Å². The van der Waals surface area contributed by atoms with E-state index in [2.05, 4.69) is 4.98 Å². The number of halogens is 1. The minimum absolute atomic E-state index is 0.213. The van der Waals surface area contributed by atoms with Crippen molar-refractivity contribution >= 4 is 22.8 Å². The molecule has 0 aliphatic heterocycles. The summed E-state index contributed by atoms with van der Waals surface area (Å²) in [5, 5.41) is 0.622. The van der Waals surface area contributed by atoms with Crippen LogP contribution in [0.4, 0.5) is 0 Å². The Hall–Kier alpha value is -2.34. The van der Waals surface area contributed by atoms with Gasteiger partial charge in [-0.25, -0.2) is 9.78 Å². The standard InChI is InChI=1S/C19H23ClN4O2/c1-4-11-23-17-16(22(6-3)15(5-2)21-17)18(25)24(19(23)26)12-13-7-9-14(20)10-8-13/h7-10H,4-6,11-12H2,1-3H3. The molecule has 0 bridgehead atoms. The third kappa shape index (κ3) is 3.09. The summed E-state index contributed by atoms with van der Waals surface area (Å²) in [6.45, 7) is 7.37. The Morgan fingerprint density at radius 1 is 1.00 bits per heavy atom. The van der Waals surface area contributed by atoms with Crippen LogP contribution >= 0.6 is 11.6 Å². The van der Waals surface area contributed by atoms with Crippen molar-refractivity contribution in [3.05, 3.63) is 61.5 Å². The summed E-state index contributed by atoms with van der Waals surface area (Å²) in [5.41, 5.74) is 1.25. The molecule has 0 aliphatic carbocycles. The summed E-state index contributed by atoms with van der Waals surface area (Å²) in [6.07, 6.45) is 1.49. The van der Waals surface area contributed by atoms with Gasteiger partial charge in [0.15, 0.2) is 11.2 Å². The van der Waals surface area contributed by atoms with Crippen molar-refractivity contribution in [2.75, 3.05) is 0 Å². The first-order valence-corrected chi connectivity index (χ1v) is 9.36. The molecule has 0 fully saturated rings. The molecule has 0 radical (unpaired) electrons. The van der Waals surface area contributed by atoms with Crippen LogP contribution in [0.3, 0.4) is 0 Å². The number of imidazole rings is 1. The zero-order valence-corrected chi connectivity index (χ0v) is 16.1. The van der Waals surface area contributed by atoms with Crippen molar-refractivity contribution in [1.82, 2.24) is 18.7 Å². The molecule has 7 heteroatoms. The van der Waals surface area contributed by atoms with Gasteiger partial charge in [0.25, 0.3) is 5.56 Å². The SMILES string of the molecule is CCCn1c(=O)n(Cc2ccc(Cl)cc2)c(=O)c2c1nc(CC)n2CC. The van der Waals surface area contributed by atoms with E-state index >= 15 is 0 Å². The van der Waals surface area contributed by atoms with Crippen molar-refractivity contribution in [3.63, 3.8) is 0 Å². The van der Waals surface area contributed by atoms with Gasteiger partial charge in [0, 0.05) is 24.5 Å². The number of rotatable bonds is 6. The van der Waals surface area contributed by atoms with E-state index in [0.717, 1.165) is 17.8 Å². The number of fused-ring (bicyclic) bond motifs is 1. The Morgan fingerprint density at radius 2 is 1.69 bits per heavy atom. The lowest BCUT2D eigenvalue weighted by atomic mass is 10.2.